The lowest BCUT2D eigenvalue weighted by Gasteiger charge is -2.08. The van der Waals surface area contributed by atoms with Crippen molar-refractivity contribution in [3.8, 4) is 5.75 Å². The van der Waals surface area contributed by atoms with Crippen LogP contribution in [0.1, 0.15) is 18.1 Å². The third-order valence-corrected chi connectivity index (χ3v) is 3.82. The van der Waals surface area contributed by atoms with E-state index in [0.29, 0.717) is 11.6 Å². The third kappa shape index (κ3) is 6.42. The Labute approximate surface area is 164 Å². The zero-order chi connectivity index (χ0) is 19.6. The highest BCUT2D eigenvalue weighted by atomic mass is 35.5. The van der Waals surface area contributed by atoms with Gasteiger partial charge in [0, 0.05) is 22.7 Å². The Bertz CT molecular complexity index is 924. The Morgan fingerprint density at radius 3 is 2.67 bits per heavy atom. The Kier molecular flexibility index (Phi) is 7.83. The first-order chi connectivity index (χ1) is 13.0. The van der Waals surface area contributed by atoms with Gasteiger partial charge >= 0.3 is 5.97 Å². The maximum Gasteiger partial charge on any atom is 0.310 e. The van der Waals surface area contributed by atoms with Crippen LogP contribution in [-0.2, 0) is 22.6 Å². The normalized spacial score (nSPS) is 9.89. The van der Waals surface area contributed by atoms with Gasteiger partial charge in [-0.05, 0) is 48.4 Å². The first kappa shape index (κ1) is 20.5. The van der Waals surface area contributed by atoms with Crippen LogP contribution in [-0.4, -0.2) is 18.1 Å². The van der Waals surface area contributed by atoms with Crippen molar-refractivity contribution < 1.29 is 14.3 Å². The van der Waals surface area contributed by atoms with Gasteiger partial charge in [-0.15, -0.1) is 6.58 Å². The fourth-order valence-electron chi connectivity index (χ4n) is 2.37. The Hall–Kier alpha value is -2.85. The predicted octanol–water partition coefficient (Wildman–Crippen LogP) is 5.38. The van der Waals surface area contributed by atoms with Crippen molar-refractivity contribution in [2.75, 3.05) is 7.11 Å². The maximum absolute atomic E-state index is 11.3. The lowest BCUT2D eigenvalue weighted by Crippen LogP contribution is -2.04. The molecule has 3 aromatic rings. The number of halogens is 1. The molecule has 0 N–H and O–H groups in total. The van der Waals surface area contributed by atoms with E-state index < -0.39 is 0 Å². The zero-order valence-electron chi connectivity index (χ0n) is 15.4. The van der Waals surface area contributed by atoms with Gasteiger partial charge in [0.2, 0.25) is 0 Å². The van der Waals surface area contributed by atoms with E-state index in [2.05, 4.69) is 16.3 Å². The molecule has 1 aromatic heterocycles. The van der Waals surface area contributed by atoms with E-state index in [0.717, 1.165) is 27.8 Å². The van der Waals surface area contributed by atoms with Crippen LogP contribution in [0, 0.1) is 0 Å². The van der Waals surface area contributed by atoms with Crippen molar-refractivity contribution in [2.45, 2.75) is 20.0 Å². The van der Waals surface area contributed by atoms with Gasteiger partial charge < -0.3 is 9.47 Å². The van der Waals surface area contributed by atoms with E-state index >= 15 is 0 Å². The molecule has 0 amide bonds. The smallest absolute Gasteiger partial charge is 0.310 e. The standard InChI is InChI=1S/C19H16ClNO3.C3H6/c1-23-19(22)9-14-7-15-5-6-17(10-18(15)21-11-14)24-12-13-3-2-4-16(20)8-13;1-3-2/h2-8,10-11H,9,12H2,1H3;3H,1H2,2H3. The van der Waals surface area contributed by atoms with Crippen LogP contribution in [0.2, 0.25) is 5.02 Å². The number of methoxy groups -OCH3 is 1. The minimum absolute atomic E-state index is 0.215. The number of fused-ring (bicyclic) bond motifs is 1. The topological polar surface area (TPSA) is 48.4 Å². The highest BCUT2D eigenvalue weighted by Crippen LogP contribution is 2.22. The molecule has 0 saturated heterocycles. The number of rotatable bonds is 5. The summed E-state index contributed by atoms with van der Waals surface area (Å²) in [5.41, 5.74) is 2.64. The first-order valence-corrected chi connectivity index (χ1v) is 8.83. The van der Waals surface area contributed by atoms with Crippen molar-refractivity contribution in [2.24, 2.45) is 0 Å². The average molecular weight is 384 g/mol. The number of ether oxygens (including phenoxy) is 2. The number of allylic oxidation sites excluding steroid dienone is 1. The number of benzene rings is 2. The summed E-state index contributed by atoms with van der Waals surface area (Å²) in [5.74, 6) is 0.452. The van der Waals surface area contributed by atoms with E-state index in [9.17, 15) is 4.79 Å². The van der Waals surface area contributed by atoms with E-state index in [1.165, 1.54) is 7.11 Å². The van der Waals surface area contributed by atoms with Gasteiger partial charge in [0.25, 0.3) is 0 Å². The zero-order valence-corrected chi connectivity index (χ0v) is 16.2. The number of aromatic nitrogens is 1. The summed E-state index contributed by atoms with van der Waals surface area (Å²) in [7, 11) is 1.38. The second-order valence-electron chi connectivity index (χ2n) is 5.78. The minimum atomic E-state index is -0.280. The van der Waals surface area contributed by atoms with Crippen molar-refractivity contribution in [3.63, 3.8) is 0 Å². The van der Waals surface area contributed by atoms with Gasteiger partial charge in [0.15, 0.2) is 0 Å². The molecule has 3 rings (SSSR count). The summed E-state index contributed by atoms with van der Waals surface area (Å²) in [6.45, 7) is 5.69. The molecule has 1 heterocycles. The number of nitrogens with zero attached hydrogens (tertiary/aromatic N) is 1. The monoisotopic (exact) mass is 383 g/mol. The first-order valence-electron chi connectivity index (χ1n) is 8.45. The van der Waals surface area contributed by atoms with Crippen molar-refractivity contribution in [1.82, 2.24) is 4.98 Å². The van der Waals surface area contributed by atoms with Crippen molar-refractivity contribution in [3.05, 3.63) is 83.5 Å². The molecule has 5 heteroatoms. The van der Waals surface area contributed by atoms with Crippen LogP contribution in [0.5, 0.6) is 5.75 Å². The number of esters is 1. The maximum atomic E-state index is 11.3. The molecule has 2 aromatic carbocycles. The summed E-state index contributed by atoms with van der Waals surface area (Å²) in [5, 5.41) is 1.64. The molecule has 0 spiro atoms. The molecule has 0 unspecified atom stereocenters. The van der Waals surface area contributed by atoms with Crippen LogP contribution < -0.4 is 4.74 Å². The molecule has 0 radical (unpaired) electrons. The average Bonchev–Trinajstić information content (AvgIpc) is 2.67. The lowest BCUT2D eigenvalue weighted by atomic mass is 10.1. The molecule has 0 bridgehead atoms. The Balaban J connectivity index is 0.000000817. The molecule has 0 aliphatic rings. The summed E-state index contributed by atoms with van der Waals surface area (Å²) < 4.78 is 10.5. The third-order valence-electron chi connectivity index (χ3n) is 3.58. The van der Waals surface area contributed by atoms with Gasteiger partial charge in [0.1, 0.15) is 12.4 Å². The molecule has 27 heavy (non-hydrogen) atoms. The SMILES string of the molecule is C=CC.COC(=O)Cc1cnc2cc(OCc3cccc(Cl)c3)ccc2c1. The number of hydrogen-bond acceptors (Lipinski definition) is 4. The molecule has 0 atom stereocenters. The van der Waals surface area contributed by atoms with Gasteiger partial charge in [-0.25, -0.2) is 0 Å². The van der Waals surface area contributed by atoms with Crippen molar-refractivity contribution >= 4 is 28.5 Å². The quantitative estimate of drug-likeness (QED) is 0.438. The Morgan fingerprint density at radius 1 is 1.19 bits per heavy atom. The van der Waals surface area contributed by atoms with Crippen LogP contribution in [0.25, 0.3) is 10.9 Å². The van der Waals surface area contributed by atoms with Crippen molar-refractivity contribution in [1.29, 1.82) is 0 Å². The molecule has 0 fully saturated rings. The van der Waals surface area contributed by atoms with Crippen LogP contribution in [0.3, 0.4) is 0 Å². The summed E-state index contributed by atoms with van der Waals surface area (Å²) in [6.07, 6.45) is 3.65. The number of carbonyl (C=O) groups is 1. The highest BCUT2D eigenvalue weighted by Gasteiger charge is 2.06. The summed E-state index contributed by atoms with van der Waals surface area (Å²) in [4.78, 5) is 15.7. The summed E-state index contributed by atoms with van der Waals surface area (Å²) in [6, 6.07) is 15.2. The number of hydrogen-bond donors (Lipinski definition) is 0. The largest absolute Gasteiger partial charge is 0.489 e. The molecule has 0 saturated carbocycles. The van der Waals surface area contributed by atoms with Crippen LogP contribution >= 0.6 is 11.6 Å². The van der Waals surface area contributed by atoms with E-state index in [4.69, 9.17) is 16.3 Å². The van der Waals surface area contributed by atoms with E-state index in [1.54, 1.807) is 12.3 Å². The molecule has 0 aliphatic carbocycles. The van der Waals surface area contributed by atoms with Gasteiger partial charge in [0.05, 0.1) is 19.0 Å². The lowest BCUT2D eigenvalue weighted by molar-refractivity contribution is -0.139. The fourth-order valence-corrected chi connectivity index (χ4v) is 2.58. The minimum Gasteiger partial charge on any atom is -0.489 e. The number of pyridine rings is 1. The predicted molar refractivity (Wildman–Crippen MR) is 109 cm³/mol. The fraction of sp³-hybridized carbons (Fsp3) is 0.182. The second-order valence-corrected chi connectivity index (χ2v) is 6.21. The van der Waals surface area contributed by atoms with E-state index in [1.807, 2.05) is 55.5 Å². The number of carbonyl (C=O) groups excluding carboxylic acids is 1. The van der Waals surface area contributed by atoms with Gasteiger partial charge in [-0.3, -0.25) is 9.78 Å². The van der Waals surface area contributed by atoms with Crippen LogP contribution in [0.15, 0.2) is 67.4 Å². The second kappa shape index (κ2) is 10.3. The highest BCUT2D eigenvalue weighted by molar-refractivity contribution is 6.30. The molecule has 140 valence electrons. The van der Waals surface area contributed by atoms with Gasteiger partial charge in [-0.2, -0.15) is 0 Å². The van der Waals surface area contributed by atoms with Gasteiger partial charge in [-0.1, -0.05) is 29.8 Å². The summed E-state index contributed by atoms with van der Waals surface area (Å²) >= 11 is 5.97. The molecule has 4 nitrogen and oxygen atoms in total. The molecule has 0 aliphatic heterocycles. The molecular formula is C22H22ClNO3. The van der Waals surface area contributed by atoms with Crippen LogP contribution in [0.4, 0.5) is 0 Å². The molecular weight excluding hydrogens is 362 g/mol. The Morgan fingerprint density at radius 2 is 1.96 bits per heavy atom. The van der Waals surface area contributed by atoms with E-state index in [-0.39, 0.29) is 12.4 Å².